The molecule has 0 saturated carbocycles. The van der Waals surface area contributed by atoms with E-state index >= 15 is 0 Å². The van der Waals surface area contributed by atoms with Crippen LogP contribution in [0.2, 0.25) is 0 Å². The molecule has 1 aromatic heterocycles. The molecule has 4 heteroatoms. The van der Waals surface area contributed by atoms with Crippen molar-refractivity contribution in [3.05, 3.63) is 88.2 Å². The largest absolute Gasteiger partial charge is 0.497 e. The highest BCUT2D eigenvalue weighted by Gasteiger charge is 2.11. The van der Waals surface area contributed by atoms with Gasteiger partial charge in [-0.15, -0.1) is 0 Å². The Morgan fingerprint density at radius 2 is 1.68 bits per heavy atom. The van der Waals surface area contributed by atoms with E-state index in [-0.39, 0.29) is 0 Å². The lowest BCUT2D eigenvalue weighted by molar-refractivity contribution is -0.400. The molecule has 0 bridgehead atoms. The van der Waals surface area contributed by atoms with E-state index < -0.39 is 0 Å². The Hall–Kier alpha value is -2.85. The van der Waals surface area contributed by atoms with Crippen molar-refractivity contribution in [2.45, 2.75) is 13.3 Å². The fourth-order valence-corrected chi connectivity index (χ4v) is 3.41. The number of rotatable bonds is 4. The van der Waals surface area contributed by atoms with Crippen LogP contribution in [0.4, 0.5) is 5.69 Å². The molecule has 0 atom stereocenters. The smallest absolute Gasteiger partial charge is 0.218 e. The molecule has 0 amide bonds. The van der Waals surface area contributed by atoms with E-state index in [1.54, 1.807) is 7.11 Å². The van der Waals surface area contributed by atoms with Crippen molar-refractivity contribution in [3.63, 3.8) is 0 Å². The van der Waals surface area contributed by atoms with Gasteiger partial charge in [-0.05, 0) is 60.5 Å². The van der Waals surface area contributed by atoms with Crippen LogP contribution in [-0.2, 0) is 6.42 Å². The van der Waals surface area contributed by atoms with Crippen molar-refractivity contribution in [1.82, 2.24) is 0 Å². The SMILES string of the molecule is CCc1ccc2oc(-c3ccc(OC)cc3)cc(=[NH+]c3ccc(Br)cc3)c2c1. The second-order valence-electron chi connectivity index (χ2n) is 6.57. The standard InChI is InChI=1S/C24H20BrNO2/c1-3-16-4-13-23-21(14-16)22(26-19-9-7-18(25)8-10-19)15-24(28-23)17-5-11-20(27-2)12-6-17/h4-15H,3H2,1-2H3/p+1. The Bertz CT molecular complexity index is 1180. The average Bonchev–Trinajstić information content (AvgIpc) is 2.75. The van der Waals surface area contributed by atoms with E-state index in [1.165, 1.54) is 5.56 Å². The van der Waals surface area contributed by atoms with Gasteiger partial charge in [-0.25, -0.2) is 4.99 Å². The van der Waals surface area contributed by atoms with Gasteiger partial charge in [-0.3, -0.25) is 0 Å². The van der Waals surface area contributed by atoms with Crippen molar-refractivity contribution in [3.8, 4) is 17.1 Å². The molecule has 1 heterocycles. The number of ether oxygens (including phenoxy) is 1. The van der Waals surface area contributed by atoms with Gasteiger partial charge < -0.3 is 9.15 Å². The molecule has 28 heavy (non-hydrogen) atoms. The monoisotopic (exact) mass is 434 g/mol. The van der Waals surface area contributed by atoms with Crippen LogP contribution < -0.4 is 15.1 Å². The van der Waals surface area contributed by atoms with Crippen LogP contribution in [-0.4, -0.2) is 7.11 Å². The topological polar surface area (TPSA) is 36.3 Å². The minimum atomic E-state index is 0.805. The van der Waals surface area contributed by atoms with Crippen LogP contribution in [0.3, 0.4) is 0 Å². The summed E-state index contributed by atoms with van der Waals surface area (Å²) in [7, 11) is 1.67. The first-order chi connectivity index (χ1) is 13.7. The summed E-state index contributed by atoms with van der Waals surface area (Å²) in [6.45, 7) is 2.16. The molecular formula is C24H21BrNO2+. The maximum atomic E-state index is 6.23. The average molecular weight is 435 g/mol. The van der Waals surface area contributed by atoms with Gasteiger partial charge >= 0.3 is 0 Å². The molecule has 4 aromatic rings. The Balaban J connectivity index is 1.94. The van der Waals surface area contributed by atoms with E-state index in [1.807, 2.05) is 42.5 Å². The molecule has 0 unspecified atom stereocenters. The first-order valence-corrected chi connectivity index (χ1v) is 10.0. The van der Waals surface area contributed by atoms with Crippen LogP contribution in [0.25, 0.3) is 22.3 Å². The molecule has 3 aromatic carbocycles. The second-order valence-corrected chi connectivity index (χ2v) is 7.48. The number of fused-ring (bicyclic) bond motifs is 1. The van der Waals surface area contributed by atoms with Crippen molar-refractivity contribution in [1.29, 1.82) is 0 Å². The molecular weight excluding hydrogens is 414 g/mol. The van der Waals surface area contributed by atoms with Crippen LogP contribution >= 0.6 is 15.9 Å². The van der Waals surface area contributed by atoms with E-state index in [0.29, 0.717) is 0 Å². The fourth-order valence-electron chi connectivity index (χ4n) is 3.14. The summed E-state index contributed by atoms with van der Waals surface area (Å²) in [6.07, 6.45) is 0.980. The first-order valence-electron chi connectivity index (χ1n) is 9.23. The molecule has 140 valence electrons. The number of hydrogen-bond acceptors (Lipinski definition) is 2. The van der Waals surface area contributed by atoms with Crippen molar-refractivity contribution < 1.29 is 14.1 Å². The van der Waals surface area contributed by atoms with Crippen LogP contribution in [0.1, 0.15) is 12.5 Å². The molecule has 0 spiro atoms. The van der Waals surface area contributed by atoms with Crippen LogP contribution in [0.15, 0.2) is 81.7 Å². The van der Waals surface area contributed by atoms with Gasteiger partial charge in [0.2, 0.25) is 11.0 Å². The summed E-state index contributed by atoms with van der Waals surface area (Å²) in [4.78, 5) is 3.55. The van der Waals surface area contributed by atoms with Crippen molar-refractivity contribution >= 4 is 32.6 Å². The van der Waals surface area contributed by atoms with E-state index in [9.17, 15) is 0 Å². The number of hydrogen-bond donors (Lipinski definition) is 1. The predicted octanol–water partition coefficient (Wildman–Crippen LogP) is 4.75. The zero-order valence-corrected chi connectivity index (χ0v) is 17.4. The second kappa shape index (κ2) is 8.03. The van der Waals surface area contributed by atoms with Gasteiger partial charge in [-0.1, -0.05) is 28.9 Å². The summed E-state index contributed by atoms with van der Waals surface area (Å²) in [5, 5.41) is 2.09. The number of aryl methyl sites for hydroxylation is 1. The Morgan fingerprint density at radius 3 is 2.36 bits per heavy atom. The number of halogens is 1. The van der Waals surface area contributed by atoms with Crippen LogP contribution in [0, 0.1) is 0 Å². The Kier molecular flexibility index (Phi) is 5.31. The molecule has 0 aliphatic rings. The van der Waals surface area contributed by atoms with E-state index in [4.69, 9.17) is 9.15 Å². The third-order valence-electron chi connectivity index (χ3n) is 4.74. The highest BCUT2D eigenvalue weighted by Crippen LogP contribution is 2.24. The minimum Gasteiger partial charge on any atom is -0.497 e. The predicted molar refractivity (Wildman–Crippen MR) is 115 cm³/mol. The lowest BCUT2D eigenvalue weighted by Crippen LogP contribution is -2.70. The van der Waals surface area contributed by atoms with E-state index in [0.717, 1.165) is 50.0 Å². The lowest BCUT2D eigenvalue weighted by Gasteiger charge is -2.06. The summed E-state index contributed by atoms with van der Waals surface area (Å²) >= 11 is 3.49. The lowest BCUT2D eigenvalue weighted by atomic mass is 10.1. The molecule has 0 saturated heterocycles. The van der Waals surface area contributed by atoms with Gasteiger partial charge in [0.25, 0.3) is 0 Å². The van der Waals surface area contributed by atoms with Gasteiger partial charge in [0.1, 0.15) is 17.1 Å². The maximum absolute atomic E-state index is 6.23. The number of nitrogens with one attached hydrogen (secondary N) is 1. The third kappa shape index (κ3) is 3.87. The van der Waals surface area contributed by atoms with Crippen molar-refractivity contribution in [2.75, 3.05) is 7.11 Å². The highest BCUT2D eigenvalue weighted by molar-refractivity contribution is 9.10. The normalized spacial score (nSPS) is 11.8. The molecule has 0 fully saturated rings. The quantitative estimate of drug-likeness (QED) is 0.503. The Labute approximate surface area is 172 Å². The number of benzene rings is 3. The zero-order valence-electron chi connectivity index (χ0n) is 15.8. The highest BCUT2D eigenvalue weighted by atomic mass is 79.9. The summed E-state index contributed by atoms with van der Waals surface area (Å²) in [5.41, 5.74) is 4.16. The third-order valence-corrected chi connectivity index (χ3v) is 5.26. The number of methoxy groups -OCH3 is 1. The summed E-state index contributed by atoms with van der Waals surface area (Å²) < 4.78 is 12.6. The summed E-state index contributed by atoms with van der Waals surface area (Å²) in [6, 6.07) is 24.5. The van der Waals surface area contributed by atoms with Crippen LogP contribution in [0.5, 0.6) is 5.75 Å². The zero-order chi connectivity index (χ0) is 19.5. The molecule has 0 radical (unpaired) electrons. The van der Waals surface area contributed by atoms with Gasteiger partial charge in [-0.2, -0.15) is 0 Å². The fraction of sp³-hybridized carbons (Fsp3) is 0.125. The summed E-state index contributed by atoms with van der Waals surface area (Å²) in [5.74, 6) is 1.63. The van der Waals surface area contributed by atoms with Gasteiger partial charge in [0.15, 0.2) is 0 Å². The molecule has 0 aliphatic heterocycles. The van der Waals surface area contributed by atoms with Crippen molar-refractivity contribution in [2.24, 2.45) is 0 Å². The molecule has 4 rings (SSSR count). The van der Waals surface area contributed by atoms with Gasteiger partial charge in [0.05, 0.1) is 18.6 Å². The minimum absolute atomic E-state index is 0.805. The van der Waals surface area contributed by atoms with Gasteiger partial charge in [0, 0.05) is 22.2 Å². The van der Waals surface area contributed by atoms with E-state index in [2.05, 4.69) is 58.2 Å². The molecule has 3 nitrogen and oxygen atoms in total. The maximum Gasteiger partial charge on any atom is 0.218 e. The Morgan fingerprint density at radius 1 is 0.929 bits per heavy atom. The molecule has 1 N–H and O–H groups in total. The molecule has 0 aliphatic carbocycles. The first kappa shape index (κ1) is 18.5.